The Morgan fingerprint density at radius 2 is 1.84 bits per heavy atom. The SMILES string of the molecule is COc1cc(F)c(C(N(C)C)C(C)(C)C#N)cc1F. The van der Waals surface area contributed by atoms with Gasteiger partial charge in [-0.2, -0.15) is 5.26 Å². The molecule has 0 aliphatic rings. The second-order valence-corrected chi connectivity index (χ2v) is 5.21. The number of benzene rings is 1. The van der Waals surface area contributed by atoms with Crippen molar-refractivity contribution in [3.05, 3.63) is 29.3 Å². The number of halogens is 2. The Hall–Kier alpha value is -1.67. The number of hydrogen-bond donors (Lipinski definition) is 0. The molecular weight excluding hydrogens is 250 g/mol. The molecule has 0 N–H and O–H groups in total. The topological polar surface area (TPSA) is 36.3 Å². The first kappa shape index (κ1) is 15.4. The lowest BCUT2D eigenvalue weighted by Gasteiger charge is -2.34. The van der Waals surface area contributed by atoms with Crippen LogP contribution in [0.25, 0.3) is 0 Å². The van der Waals surface area contributed by atoms with Gasteiger partial charge in [-0.15, -0.1) is 0 Å². The summed E-state index contributed by atoms with van der Waals surface area (Å²) >= 11 is 0. The summed E-state index contributed by atoms with van der Waals surface area (Å²) in [5.41, 5.74) is -0.708. The molecule has 1 rings (SSSR count). The molecule has 5 heteroatoms. The van der Waals surface area contributed by atoms with E-state index in [-0.39, 0.29) is 11.3 Å². The molecule has 0 radical (unpaired) electrons. The van der Waals surface area contributed by atoms with E-state index in [1.807, 2.05) is 0 Å². The fraction of sp³-hybridized carbons (Fsp3) is 0.500. The minimum Gasteiger partial charge on any atom is -0.494 e. The van der Waals surface area contributed by atoms with Gasteiger partial charge in [0.15, 0.2) is 11.6 Å². The van der Waals surface area contributed by atoms with Crippen LogP contribution in [-0.2, 0) is 0 Å². The molecule has 0 aliphatic carbocycles. The fourth-order valence-electron chi connectivity index (χ4n) is 2.28. The number of rotatable bonds is 4. The summed E-state index contributed by atoms with van der Waals surface area (Å²) < 4.78 is 32.6. The van der Waals surface area contributed by atoms with Crippen LogP contribution < -0.4 is 4.74 Å². The first-order valence-corrected chi connectivity index (χ1v) is 5.85. The van der Waals surface area contributed by atoms with E-state index >= 15 is 0 Å². The number of methoxy groups -OCH3 is 1. The van der Waals surface area contributed by atoms with Crippen molar-refractivity contribution in [2.45, 2.75) is 19.9 Å². The first-order chi connectivity index (χ1) is 8.74. The molecule has 1 aromatic carbocycles. The monoisotopic (exact) mass is 268 g/mol. The summed E-state index contributed by atoms with van der Waals surface area (Å²) in [6, 6.07) is 3.68. The Morgan fingerprint density at radius 3 is 2.26 bits per heavy atom. The Kier molecular flexibility index (Phi) is 4.48. The molecule has 0 saturated heterocycles. The Labute approximate surface area is 112 Å². The minimum absolute atomic E-state index is 0.145. The van der Waals surface area contributed by atoms with Crippen molar-refractivity contribution in [2.24, 2.45) is 5.41 Å². The number of nitrogens with zero attached hydrogens (tertiary/aromatic N) is 2. The van der Waals surface area contributed by atoms with Gasteiger partial charge < -0.3 is 9.64 Å². The molecule has 0 bridgehead atoms. The second kappa shape index (κ2) is 5.54. The van der Waals surface area contributed by atoms with Crippen LogP contribution in [0.1, 0.15) is 25.5 Å². The third-order valence-corrected chi connectivity index (χ3v) is 3.05. The molecule has 0 aromatic heterocycles. The van der Waals surface area contributed by atoms with Gasteiger partial charge >= 0.3 is 0 Å². The van der Waals surface area contributed by atoms with E-state index in [1.54, 1.807) is 32.8 Å². The van der Waals surface area contributed by atoms with Gasteiger partial charge in [0.25, 0.3) is 0 Å². The van der Waals surface area contributed by atoms with E-state index in [2.05, 4.69) is 6.07 Å². The van der Waals surface area contributed by atoms with Crippen molar-refractivity contribution in [1.29, 1.82) is 5.26 Å². The third kappa shape index (κ3) is 3.02. The van der Waals surface area contributed by atoms with Crippen LogP contribution in [0.2, 0.25) is 0 Å². The van der Waals surface area contributed by atoms with Gasteiger partial charge in [0, 0.05) is 11.6 Å². The van der Waals surface area contributed by atoms with E-state index in [4.69, 9.17) is 4.74 Å². The highest BCUT2D eigenvalue weighted by atomic mass is 19.1. The number of ether oxygens (including phenoxy) is 1. The average molecular weight is 268 g/mol. The smallest absolute Gasteiger partial charge is 0.165 e. The fourth-order valence-corrected chi connectivity index (χ4v) is 2.28. The number of hydrogen-bond acceptors (Lipinski definition) is 3. The zero-order valence-corrected chi connectivity index (χ0v) is 11.8. The van der Waals surface area contributed by atoms with Gasteiger partial charge in [0.2, 0.25) is 0 Å². The standard InChI is InChI=1S/C14H18F2N2O/c1-14(2,8-17)13(18(3)4)9-6-11(16)12(19-5)7-10(9)15/h6-7,13H,1-5H3. The first-order valence-electron chi connectivity index (χ1n) is 5.85. The van der Waals surface area contributed by atoms with E-state index in [9.17, 15) is 14.0 Å². The summed E-state index contributed by atoms with van der Waals surface area (Å²) in [6.07, 6.45) is 0. The molecule has 1 atom stereocenters. The molecule has 0 spiro atoms. The average Bonchev–Trinajstić information content (AvgIpc) is 2.32. The molecule has 104 valence electrons. The van der Waals surface area contributed by atoms with Crippen molar-refractivity contribution in [3.8, 4) is 11.8 Å². The van der Waals surface area contributed by atoms with Gasteiger partial charge in [0.1, 0.15) is 5.82 Å². The summed E-state index contributed by atoms with van der Waals surface area (Å²) in [5.74, 6) is -1.37. The van der Waals surface area contributed by atoms with Crippen LogP contribution in [-0.4, -0.2) is 26.1 Å². The van der Waals surface area contributed by atoms with E-state index in [0.29, 0.717) is 0 Å². The van der Waals surface area contributed by atoms with Crippen molar-refractivity contribution in [1.82, 2.24) is 4.90 Å². The molecule has 0 fully saturated rings. The molecule has 1 aromatic rings. The van der Waals surface area contributed by atoms with Crippen LogP contribution in [0.5, 0.6) is 5.75 Å². The highest BCUT2D eigenvalue weighted by Crippen LogP contribution is 2.39. The zero-order valence-electron chi connectivity index (χ0n) is 11.8. The highest BCUT2D eigenvalue weighted by Gasteiger charge is 2.35. The Morgan fingerprint density at radius 1 is 1.26 bits per heavy atom. The predicted molar refractivity (Wildman–Crippen MR) is 68.7 cm³/mol. The van der Waals surface area contributed by atoms with Crippen LogP contribution >= 0.6 is 0 Å². The van der Waals surface area contributed by atoms with Crippen LogP contribution in [0.3, 0.4) is 0 Å². The second-order valence-electron chi connectivity index (χ2n) is 5.21. The van der Waals surface area contributed by atoms with Crippen molar-refractivity contribution >= 4 is 0 Å². The maximum absolute atomic E-state index is 14.1. The molecule has 19 heavy (non-hydrogen) atoms. The minimum atomic E-state index is -0.856. The number of nitriles is 1. The normalized spacial score (nSPS) is 13.2. The molecular formula is C14H18F2N2O. The van der Waals surface area contributed by atoms with Gasteiger partial charge in [-0.05, 0) is 34.0 Å². The molecule has 0 amide bonds. The summed E-state index contributed by atoms with van der Waals surface area (Å²) in [7, 11) is 4.73. The summed E-state index contributed by atoms with van der Waals surface area (Å²) in [4.78, 5) is 1.70. The predicted octanol–water partition coefficient (Wildman–Crippen LogP) is 3.13. The van der Waals surface area contributed by atoms with Gasteiger partial charge in [-0.25, -0.2) is 8.78 Å². The summed E-state index contributed by atoms with van der Waals surface area (Å²) in [5, 5.41) is 9.22. The van der Waals surface area contributed by atoms with Crippen molar-refractivity contribution < 1.29 is 13.5 Å². The highest BCUT2D eigenvalue weighted by molar-refractivity contribution is 5.34. The molecule has 0 heterocycles. The maximum Gasteiger partial charge on any atom is 0.165 e. The van der Waals surface area contributed by atoms with Gasteiger partial charge in [0.05, 0.1) is 24.6 Å². The van der Waals surface area contributed by atoms with Crippen LogP contribution in [0, 0.1) is 28.4 Å². The summed E-state index contributed by atoms with van der Waals surface area (Å²) in [6.45, 7) is 3.39. The quantitative estimate of drug-likeness (QED) is 0.841. The molecule has 3 nitrogen and oxygen atoms in total. The zero-order chi connectivity index (χ0) is 14.8. The lowest BCUT2D eigenvalue weighted by atomic mass is 9.81. The van der Waals surface area contributed by atoms with E-state index in [0.717, 1.165) is 12.1 Å². The molecule has 0 aliphatic heterocycles. The molecule has 0 saturated carbocycles. The van der Waals surface area contributed by atoms with Gasteiger partial charge in [-0.1, -0.05) is 0 Å². The van der Waals surface area contributed by atoms with Gasteiger partial charge in [-0.3, -0.25) is 0 Å². The largest absolute Gasteiger partial charge is 0.494 e. The lowest BCUT2D eigenvalue weighted by Crippen LogP contribution is -2.33. The third-order valence-electron chi connectivity index (χ3n) is 3.05. The van der Waals surface area contributed by atoms with Crippen LogP contribution in [0.4, 0.5) is 8.78 Å². The van der Waals surface area contributed by atoms with E-state index < -0.39 is 23.1 Å². The van der Waals surface area contributed by atoms with Crippen molar-refractivity contribution in [3.63, 3.8) is 0 Å². The lowest BCUT2D eigenvalue weighted by molar-refractivity contribution is 0.179. The maximum atomic E-state index is 14.1. The van der Waals surface area contributed by atoms with E-state index in [1.165, 1.54) is 7.11 Å². The Bertz CT molecular complexity index is 507. The van der Waals surface area contributed by atoms with Crippen molar-refractivity contribution in [2.75, 3.05) is 21.2 Å². The Balaban J connectivity index is 3.41. The van der Waals surface area contributed by atoms with Crippen LogP contribution in [0.15, 0.2) is 12.1 Å². The molecule has 1 unspecified atom stereocenters.